The molecular formula is C16H32N2O. The van der Waals surface area contributed by atoms with Gasteiger partial charge in [-0.05, 0) is 24.7 Å². The van der Waals surface area contributed by atoms with E-state index < -0.39 is 0 Å². The maximum absolute atomic E-state index is 12.1. The van der Waals surface area contributed by atoms with Crippen molar-refractivity contribution < 1.29 is 4.79 Å². The number of amides is 1. The molecule has 0 aliphatic heterocycles. The lowest BCUT2D eigenvalue weighted by molar-refractivity contribution is -0.130. The topological polar surface area (TPSA) is 46.3 Å². The number of hydrogen-bond donors (Lipinski definition) is 1. The summed E-state index contributed by atoms with van der Waals surface area (Å²) in [7, 11) is 1.91. The molecule has 0 bridgehead atoms. The number of carbonyl (C=O) groups is 1. The number of rotatable bonds is 7. The van der Waals surface area contributed by atoms with Crippen molar-refractivity contribution in [1.29, 1.82) is 0 Å². The number of nitrogens with two attached hydrogens (primary N) is 1. The average Bonchev–Trinajstić information content (AvgIpc) is 2.42. The predicted octanol–water partition coefficient (Wildman–Crippen LogP) is 3.18. The normalized spacial score (nSPS) is 18.6. The highest BCUT2D eigenvalue weighted by atomic mass is 16.2. The van der Waals surface area contributed by atoms with Gasteiger partial charge in [-0.3, -0.25) is 4.79 Å². The van der Waals surface area contributed by atoms with Crippen molar-refractivity contribution >= 4 is 5.91 Å². The Morgan fingerprint density at radius 3 is 2.47 bits per heavy atom. The zero-order chi connectivity index (χ0) is 14.3. The number of carbonyl (C=O) groups excluding carboxylic acids is 1. The summed E-state index contributed by atoms with van der Waals surface area (Å²) in [6, 6.07) is 0.202. The van der Waals surface area contributed by atoms with Crippen LogP contribution in [0.4, 0.5) is 0 Å². The van der Waals surface area contributed by atoms with Crippen molar-refractivity contribution in [3.05, 3.63) is 0 Å². The van der Waals surface area contributed by atoms with Gasteiger partial charge in [-0.25, -0.2) is 0 Å². The van der Waals surface area contributed by atoms with Crippen molar-refractivity contribution in [3.63, 3.8) is 0 Å². The average molecular weight is 268 g/mol. The first-order valence-corrected chi connectivity index (χ1v) is 8.00. The molecule has 0 spiro atoms. The Morgan fingerprint density at radius 2 is 1.89 bits per heavy atom. The zero-order valence-corrected chi connectivity index (χ0v) is 13.0. The number of hydrogen-bond acceptors (Lipinski definition) is 2. The van der Waals surface area contributed by atoms with Crippen LogP contribution in [-0.2, 0) is 4.79 Å². The van der Waals surface area contributed by atoms with E-state index in [9.17, 15) is 4.79 Å². The minimum absolute atomic E-state index is 0.202. The van der Waals surface area contributed by atoms with Gasteiger partial charge in [0, 0.05) is 26.1 Å². The van der Waals surface area contributed by atoms with Gasteiger partial charge < -0.3 is 10.6 Å². The molecule has 1 rings (SSSR count). The molecule has 0 aromatic heterocycles. The fourth-order valence-corrected chi connectivity index (χ4v) is 2.80. The molecule has 1 fully saturated rings. The van der Waals surface area contributed by atoms with E-state index in [4.69, 9.17) is 5.73 Å². The molecule has 19 heavy (non-hydrogen) atoms. The summed E-state index contributed by atoms with van der Waals surface area (Å²) in [6.07, 6.45) is 9.47. The van der Waals surface area contributed by atoms with Gasteiger partial charge in [0.15, 0.2) is 0 Å². The van der Waals surface area contributed by atoms with Crippen LogP contribution in [-0.4, -0.2) is 30.4 Å². The molecule has 1 amide bonds. The maximum atomic E-state index is 12.1. The van der Waals surface area contributed by atoms with E-state index >= 15 is 0 Å². The molecule has 0 saturated heterocycles. The van der Waals surface area contributed by atoms with Crippen LogP contribution in [0.5, 0.6) is 0 Å². The van der Waals surface area contributed by atoms with Gasteiger partial charge in [-0.1, -0.05) is 46.0 Å². The molecular weight excluding hydrogens is 236 g/mol. The Balaban J connectivity index is 2.17. The highest BCUT2D eigenvalue weighted by Gasteiger charge is 2.17. The van der Waals surface area contributed by atoms with Crippen LogP contribution in [0.2, 0.25) is 0 Å². The molecule has 0 radical (unpaired) electrons. The third kappa shape index (κ3) is 6.42. The van der Waals surface area contributed by atoms with E-state index in [1.807, 2.05) is 11.9 Å². The summed E-state index contributed by atoms with van der Waals surface area (Å²) in [4.78, 5) is 13.9. The SMILES string of the molecule is CC(C)C(N)CCN(C)C(=O)CCC1CCCCC1. The van der Waals surface area contributed by atoms with E-state index in [0.717, 1.165) is 31.7 Å². The summed E-state index contributed by atoms with van der Waals surface area (Å²) < 4.78 is 0. The van der Waals surface area contributed by atoms with E-state index in [1.165, 1.54) is 32.1 Å². The van der Waals surface area contributed by atoms with E-state index in [-0.39, 0.29) is 6.04 Å². The molecule has 2 N–H and O–H groups in total. The lowest BCUT2D eigenvalue weighted by Crippen LogP contribution is -2.34. The van der Waals surface area contributed by atoms with Gasteiger partial charge in [-0.15, -0.1) is 0 Å². The Kier molecular flexibility index (Phi) is 7.44. The molecule has 1 unspecified atom stereocenters. The maximum Gasteiger partial charge on any atom is 0.222 e. The number of nitrogens with zero attached hydrogens (tertiary/aromatic N) is 1. The highest BCUT2D eigenvalue weighted by Crippen LogP contribution is 2.27. The molecule has 0 aromatic carbocycles. The van der Waals surface area contributed by atoms with Crippen LogP contribution in [0.15, 0.2) is 0 Å². The largest absolute Gasteiger partial charge is 0.346 e. The summed E-state index contributed by atoms with van der Waals surface area (Å²) >= 11 is 0. The minimum atomic E-state index is 0.202. The minimum Gasteiger partial charge on any atom is -0.346 e. The molecule has 112 valence electrons. The first kappa shape index (κ1) is 16.5. The molecule has 0 aromatic rings. The molecule has 3 nitrogen and oxygen atoms in total. The zero-order valence-electron chi connectivity index (χ0n) is 13.0. The van der Waals surface area contributed by atoms with Gasteiger partial charge in [0.25, 0.3) is 0 Å². The quantitative estimate of drug-likeness (QED) is 0.771. The van der Waals surface area contributed by atoms with Gasteiger partial charge in [0.2, 0.25) is 5.91 Å². The first-order valence-electron chi connectivity index (χ1n) is 8.00. The molecule has 3 heteroatoms. The van der Waals surface area contributed by atoms with Crippen LogP contribution in [0.3, 0.4) is 0 Å². The van der Waals surface area contributed by atoms with Crippen LogP contribution >= 0.6 is 0 Å². The van der Waals surface area contributed by atoms with E-state index in [0.29, 0.717) is 11.8 Å². The summed E-state index contributed by atoms with van der Waals surface area (Å²) in [5.41, 5.74) is 6.02. The van der Waals surface area contributed by atoms with Crippen molar-refractivity contribution in [1.82, 2.24) is 4.90 Å². The molecule has 1 atom stereocenters. The monoisotopic (exact) mass is 268 g/mol. The predicted molar refractivity (Wildman–Crippen MR) is 80.9 cm³/mol. The third-order valence-electron chi connectivity index (χ3n) is 4.57. The Hall–Kier alpha value is -0.570. The smallest absolute Gasteiger partial charge is 0.222 e. The Bertz CT molecular complexity index is 259. The molecule has 0 heterocycles. The summed E-state index contributed by atoms with van der Waals surface area (Å²) in [5.74, 6) is 1.58. The highest BCUT2D eigenvalue weighted by molar-refractivity contribution is 5.75. The second kappa shape index (κ2) is 8.57. The fourth-order valence-electron chi connectivity index (χ4n) is 2.80. The van der Waals surface area contributed by atoms with Gasteiger partial charge in [-0.2, -0.15) is 0 Å². The van der Waals surface area contributed by atoms with Crippen molar-refractivity contribution in [3.8, 4) is 0 Å². The first-order chi connectivity index (χ1) is 9.00. The van der Waals surface area contributed by atoms with Crippen LogP contribution in [0.25, 0.3) is 0 Å². The van der Waals surface area contributed by atoms with Gasteiger partial charge in [0.1, 0.15) is 0 Å². The fraction of sp³-hybridized carbons (Fsp3) is 0.938. The van der Waals surface area contributed by atoms with Crippen LogP contribution < -0.4 is 5.73 Å². The van der Waals surface area contributed by atoms with Gasteiger partial charge in [0.05, 0.1) is 0 Å². The van der Waals surface area contributed by atoms with E-state index in [1.54, 1.807) is 0 Å². The molecule has 1 aliphatic carbocycles. The van der Waals surface area contributed by atoms with Crippen LogP contribution in [0, 0.1) is 11.8 Å². The second-order valence-electron chi connectivity index (χ2n) is 6.55. The Morgan fingerprint density at radius 1 is 1.26 bits per heavy atom. The van der Waals surface area contributed by atoms with E-state index in [2.05, 4.69) is 13.8 Å². The third-order valence-corrected chi connectivity index (χ3v) is 4.57. The molecule has 1 aliphatic rings. The van der Waals surface area contributed by atoms with Crippen LogP contribution in [0.1, 0.15) is 65.2 Å². The Labute approximate surface area is 118 Å². The lowest BCUT2D eigenvalue weighted by Gasteiger charge is -2.24. The van der Waals surface area contributed by atoms with Crippen molar-refractivity contribution in [2.24, 2.45) is 17.6 Å². The summed E-state index contributed by atoms with van der Waals surface area (Å²) in [6.45, 7) is 5.06. The second-order valence-corrected chi connectivity index (χ2v) is 6.55. The van der Waals surface area contributed by atoms with Crippen molar-refractivity contribution in [2.75, 3.05) is 13.6 Å². The standard InChI is InChI=1S/C16H32N2O/c1-13(2)15(17)11-12-18(3)16(19)10-9-14-7-5-4-6-8-14/h13-15H,4-12,17H2,1-3H3. The lowest BCUT2D eigenvalue weighted by atomic mass is 9.86. The summed E-state index contributed by atoms with van der Waals surface area (Å²) in [5, 5.41) is 0. The van der Waals surface area contributed by atoms with Gasteiger partial charge >= 0.3 is 0 Å². The molecule has 1 saturated carbocycles. The van der Waals surface area contributed by atoms with Crippen molar-refractivity contribution in [2.45, 2.75) is 71.3 Å².